The molecule has 80 valence electrons. The standard InChI is InChI=1S/C10H10BrNO3/c1-14-7-4-6(11)5-8-9(7)10(13)12-2-3-15-8/h4-5H,2-3H2,1H3,(H,12,13). The van der Waals surface area contributed by atoms with E-state index in [0.717, 1.165) is 4.47 Å². The Balaban J connectivity index is 2.58. The van der Waals surface area contributed by atoms with E-state index in [1.165, 1.54) is 7.11 Å². The summed E-state index contributed by atoms with van der Waals surface area (Å²) in [6, 6.07) is 3.51. The van der Waals surface area contributed by atoms with E-state index in [0.29, 0.717) is 30.2 Å². The number of methoxy groups -OCH3 is 1. The normalized spacial score (nSPS) is 14.7. The van der Waals surface area contributed by atoms with Crippen LogP contribution in [0, 0.1) is 0 Å². The molecular formula is C10H10BrNO3. The number of rotatable bonds is 1. The second-order valence-electron chi connectivity index (χ2n) is 3.09. The number of hydrogen-bond acceptors (Lipinski definition) is 3. The Morgan fingerprint density at radius 1 is 1.53 bits per heavy atom. The smallest absolute Gasteiger partial charge is 0.258 e. The predicted molar refractivity (Wildman–Crippen MR) is 58.5 cm³/mol. The van der Waals surface area contributed by atoms with Crippen LogP contribution in [0.15, 0.2) is 16.6 Å². The molecule has 0 aliphatic carbocycles. The summed E-state index contributed by atoms with van der Waals surface area (Å²) in [5, 5.41) is 2.74. The van der Waals surface area contributed by atoms with Gasteiger partial charge in [0.1, 0.15) is 23.7 Å². The minimum Gasteiger partial charge on any atom is -0.496 e. The van der Waals surface area contributed by atoms with Crippen LogP contribution in [-0.2, 0) is 0 Å². The van der Waals surface area contributed by atoms with Crippen LogP contribution in [0.2, 0.25) is 0 Å². The molecule has 2 rings (SSSR count). The maximum Gasteiger partial charge on any atom is 0.258 e. The number of nitrogens with one attached hydrogen (secondary N) is 1. The van der Waals surface area contributed by atoms with E-state index in [1.54, 1.807) is 12.1 Å². The van der Waals surface area contributed by atoms with Gasteiger partial charge in [-0.25, -0.2) is 0 Å². The van der Waals surface area contributed by atoms with Crippen molar-refractivity contribution in [3.05, 3.63) is 22.2 Å². The summed E-state index contributed by atoms with van der Waals surface area (Å²) in [7, 11) is 1.53. The average molecular weight is 272 g/mol. The highest BCUT2D eigenvalue weighted by Crippen LogP contribution is 2.33. The third-order valence-electron chi connectivity index (χ3n) is 2.12. The van der Waals surface area contributed by atoms with Gasteiger partial charge in [0.2, 0.25) is 0 Å². The van der Waals surface area contributed by atoms with Gasteiger partial charge in [-0.05, 0) is 12.1 Å². The molecule has 0 saturated heterocycles. The van der Waals surface area contributed by atoms with E-state index in [2.05, 4.69) is 21.2 Å². The Bertz CT molecular complexity index is 406. The lowest BCUT2D eigenvalue weighted by molar-refractivity contribution is 0.0954. The fourth-order valence-corrected chi connectivity index (χ4v) is 1.89. The fraction of sp³-hybridized carbons (Fsp3) is 0.300. The van der Waals surface area contributed by atoms with Crippen LogP contribution >= 0.6 is 15.9 Å². The minimum absolute atomic E-state index is 0.160. The van der Waals surface area contributed by atoms with Crippen molar-refractivity contribution in [1.29, 1.82) is 0 Å². The topological polar surface area (TPSA) is 47.6 Å². The number of fused-ring (bicyclic) bond motifs is 1. The second-order valence-corrected chi connectivity index (χ2v) is 4.00. The lowest BCUT2D eigenvalue weighted by Gasteiger charge is -2.10. The summed E-state index contributed by atoms with van der Waals surface area (Å²) in [4.78, 5) is 11.7. The van der Waals surface area contributed by atoms with Crippen molar-refractivity contribution in [2.24, 2.45) is 0 Å². The molecule has 0 aromatic heterocycles. The summed E-state index contributed by atoms with van der Waals surface area (Å²) in [5.74, 6) is 0.904. The van der Waals surface area contributed by atoms with Gasteiger partial charge in [-0.3, -0.25) is 4.79 Å². The van der Waals surface area contributed by atoms with Crippen LogP contribution in [0.4, 0.5) is 0 Å². The molecule has 0 radical (unpaired) electrons. The fourth-order valence-electron chi connectivity index (χ4n) is 1.47. The van der Waals surface area contributed by atoms with Crippen molar-refractivity contribution in [3.63, 3.8) is 0 Å². The highest BCUT2D eigenvalue weighted by molar-refractivity contribution is 9.10. The summed E-state index contributed by atoms with van der Waals surface area (Å²) in [6.07, 6.45) is 0. The summed E-state index contributed by atoms with van der Waals surface area (Å²) in [5.41, 5.74) is 0.457. The van der Waals surface area contributed by atoms with Crippen LogP contribution in [-0.4, -0.2) is 26.2 Å². The Morgan fingerprint density at radius 2 is 2.33 bits per heavy atom. The molecule has 0 saturated carbocycles. The molecule has 1 heterocycles. The molecule has 0 fully saturated rings. The highest BCUT2D eigenvalue weighted by atomic mass is 79.9. The van der Waals surface area contributed by atoms with Crippen LogP contribution in [0.5, 0.6) is 11.5 Å². The molecule has 1 amide bonds. The van der Waals surface area contributed by atoms with Crippen LogP contribution < -0.4 is 14.8 Å². The maximum absolute atomic E-state index is 11.7. The molecule has 0 bridgehead atoms. The molecule has 4 nitrogen and oxygen atoms in total. The van der Waals surface area contributed by atoms with E-state index in [1.807, 2.05) is 0 Å². The molecule has 1 N–H and O–H groups in total. The molecule has 5 heteroatoms. The zero-order chi connectivity index (χ0) is 10.8. The number of carbonyl (C=O) groups is 1. The molecule has 0 atom stereocenters. The first-order valence-electron chi connectivity index (χ1n) is 4.51. The molecule has 0 spiro atoms. The Labute approximate surface area is 95.7 Å². The number of benzene rings is 1. The lowest BCUT2D eigenvalue weighted by atomic mass is 10.1. The van der Waals surface area contributed by atoms with Crippen LogP contribution in [0.3, 0.4) is 0 Å². The van der Waals surface area contributed by atoms with E-state index < -0.39 is 0 Å². The number of ether oxygens (including phenoxy) is 2. The SMILES string of the molecule is COc1cc(Br)cc2c1C(=O)NCCO2. The third-order valence-corrected chi connectivity index (χ3v) is 2.58. The van der Waals surface area contributed by atoms with Gasteiger partial charge in [0.15, 0.2) is 0 Å². The molecule has 1 aliphatic heterocycles. The van der Waals surface area contributed by atoms with Gasteiger partial charge >= 0.3 is 0 Å². The van der Waals surface area contributed by atoms with E-state index in [9.17, 15) is 4.79 Å². The third kappa shape index (κ3) is 1.92. The number of carbonyl (C=O) groups excluding carboxylic acids is 1. The van der Waals surface area contributed by atoms with Crippen LogP contribution in [0.25, 0.3) is 0 Å². The van der Waals surface area contributed by atoms with Gasteiger partial charge in [-0.2, -0.15) is 0 Å². The van der Waals surface area contributed by atoms with E-state index in [-0.39, 0.29) is 5.91 Å². The number of amides is 1. The summed E-state index contributed by atoms with van der Waals surface area (Å²) >= 11 is 3.34. The van der Waals surface area contributed by atoms with Crippen molar-refractivity contribution in [2.75, 3.05) is 20.3 Å². The van der Waals surface area contributed by atoms with Crippen molar-refractivity contribution in [2.45, 2.75) is 0 Å². The van der Waals surface area contributed by atoms with Crippen LogP contribution in [0.1, 0.15) is 10.4 Å². The first kappa shape index (κ1) is 10.3. The molecule has 1 aromatic carbocycles. The predicted octanol–water partition coefficient (Wildman–Crippen LogP) is 1.58. The largest absolute Gasteiger partial charge is 0.496 e. The molecule has 1 aliphatic rings. The summed E-state index contributed by atoms with van der Waals surface area (Å²) in [6.45, 7) is 0.979. The van der Waals surface area contributed by atoms with Gasteiger partial charge < -0.3 is 14.8 Å². The average Bonchev–Trinajstić information content (AvgIpc) is 2.39. The van der Waals surface area contributed by atoms with E-state index in [4.69, 9.17) is 9.47 Å². The van der Waals surface area contributed by atoms with E-state index >= 15 is 0 Å². The zero-order valence-corrected chi connectivity index (χ0v) is 9.76. The monoisotopic (exact) mass is 271 g/mol. The van der Waals surface area contributed by atoms with Gasteiger partial charge in [0.05, 0.1) is 13.7 Å². The molecule has 15 heavy (non-hydrogen) atoms. The Hall–Kier alpha value is -1.23. The zero-order valence-electron chi connectivity index (χ0n) is 8.17. The van der Waals surface area contributed by atoms with Gasteiger partial charge in [-0.1, -0.05) is 15.9 Å². The quantitative estimate of drug-likeness (QED) is 0.844. The van der Waals surface area contributed by atoms with Crippen molar-refractivity contribution in [1.82, 2.24) is 5.32 Å². The lowest BCUT2D eigenvalue weighted by Crippen LogP contribution is -2.24. The Morgan fingerprint density at radius 3 is 3.07 bits per heavy atom. The summed E-state index contributed by atoms with van der Waals surface area (Å²) < 4.78 is 11.4. The molecule has 1 aromatic rings. The molecular weight excluding hydrogens is 262 g/mol. The van der Waals surface area contributed by atoms with Gasteiger partial charge in [-0.15, -0.1) is 0 Å². The van der Waals surface area contributed by atoms with Crippen molar-refractivity contribution in [3.8, 4) is 11.5 Å². The highest BCUT2D eigenvalue weighted by Gasteiger charge is 2.21. The second kappa shape index (κ2) is 4.10. The van der Waals surface area contributed by atoms with Gasteiger partial charge in [0.25, 0.3) is 5.91 Å². The van der Waals surface area contributed by atoms with Gasteiger partial charge in [0, 0.05) is 4.47 Å². The van der Waals surface area contributed by atoms with Crippen molar-refractivity contribution < 1.29 is 14.3 Å². The maximum atomic E-state index is 11.7. The van der Waals surface area contributed by atoms with Crippen molar-refractivity contribution >= 4 is 21.8 Å². The minimum atomic E-state index is -0.160. The first-order chi connectivity index (χ1) is 7.22. The number of halogens is 1. The number of hydrogen-bond donors (Lipinski definition) is 1. The first-order valence-corrected chi connectivity index (χ1v) is 5.30. The Kier molecular flexibility index (Phi) is 2.81. The molecule has 0 unspecified atom stereocenters.